The highest BCUT2D eigenvalue weighted by Gasteiger charge is 2.36. The van der Waals surface area contributed by atoms with Crippen LogP contribution < -0.4 is 9.88 Å². The number of hydrogen-bond donors (Lipinski definition) is 1. The van der Waals surface area contributed by atoms with Crippen LogP contribution in [0.3, 0.4) is 0 Å². The molecule has 1 aliphatic heterocycles. The lowest BCUT2D eigenvalue weighted by molar-refractivity contribution is 0.0765. The summed E-state index contributed by atoms with van der Waals surface area (Å²) in [5.74, 6) is -1.18. The molecule has 1 heterocycles. The molecule has 3 rings (SSSR count). The summed E-state index contributed by atoms with van der Waals surface area (Å²) in [5, 5.41) is 5.13. The molecule has 1 aliphatic rings. The fraction of sp³-hybridized carbons (Fsp3) is 0.167. The van der Waals surface area contributed by atoms with Crippen molar-refractivity contribution in [3.63, 3.8) is 0 Å². The van der Waals surface area contributed by atoms with Crippen LogP contribution >= 0.6 is 12.2 Å². The first-order valence-corrected chi connectivity index (χ1v) is 8.21. The number of benzene rings is 2. The van der Waals surface area contributed by atoms with Gasteiger partial charge in [0.25, 0.3) is 0 Å². The van der Waals surface area contributed by atoms with Crippen LogP contribution in [-0.2, 0) is 4.18 Å². The van der Waals surface area contributed by atoms with Crippen molar-refractivity contribution in [3.05, 3.63) is 70.8 Å². The first kappa shape index (κ1) is 17.4. The second-order valence-electron chi connectivity index (χ2n) is 5.99. The minimum absolute atomic E-state index is 0.230. The van der Waals surface area contributed by atoms with E-state index in [4.69, 9.17) is 9.88 Å². The van der Waals surface area contributed by atoms with Crippen LogP contribution in [0.5, 0.6) is 5.75 Å². The molecule has 0 spiro atoms. The zero-order chi connectivity index (χ0) is 18.2. The fourth-order valence-corrected chi connectivity index (χ4v) is 2.85. The second kappa shape index (κ2) is 6.50. The maximum absolute atomic E-state index is 15.0. The monoisotopic (exact) mass is 363 g/mol. The van der Waals surface area contributed by atoms with Gasteiger partial charge in [0.15, 0.2) is 11.4 Å². The van der Waals surface area contributed by atoms with Crippen molar-refractivity contribution >= 4 is 23.8 Å². The first-order chi connectivity index (χ1) is 11.8. The minimum Gasteiger partial charge on any atom is -0.480 e. The number of rotatable bonds is 3. The molecule has 0 saturated carbocycles. The van der Waals surface area contributed by atoms with Crippen LogP contribution in [0, 0.1) is 5.82 Å². The Balaban J connectivity index is 2.15. The van der Waals surface area contributed by atoms with Gasteiger partial charge in [0.1, 0.15) is 23.8 Å². The molecule has 7 heteroatoms. The van der Waals surface area contributed by atoms with Gasteiger partial charge in [-0.05, 0) is 49.7 Å². The number of ether oxygens (including phenoxy) is 1. The van der Waals surface area contributed by atoms with E-state index in [-0.39, 0.29) is 5.56 Å². The number of nitrogens with two attached hydrogens (primary N) is 1. The molecule has 2 aromatic rings. The van der Waals surface area contributed by atoms with Gasteiger partial charge >= 0.3 is 5.97 Å². The summed E-state index contributed by atoms with van der Waals surface area (Å²) in [7, 11) is 0. The molecule has 4 nitrogen and oxygen atoms in total. The number of fused-ring (bicyclic) bond motifs is 1. The SMILES string of the molecule is CC1(C)Oc2cc(C(=O)OSN)ccc2C(c2ccc(F)cc2)=C1F. The number of carbonyl (C=O) groups excluding carboxylic acids is 1. The molecular formula is C18H15F2NO3S. The lowest BCUT2D eigenvalue weighted by Gasteiger charge is -2.33. The average molecular weight is 363 g/mol. The molecule has 130 valence electrons. The van der Waals surface area contributed by atoms with Crippen LogP contribution in [0.4, 0.5) is 8.78 Å². The maximum Gasteiger partial charge on any atom is 0.351 e. The Morgan fingerprint density at radius 2 is 1.84 bits per heavy atom. The molecule has 0 saturated heterocycles. The summed E-state index contributed by atoms with van der Waals surface area (Å²) in [4.78, 5) is 11.8. The number of halogens is 2. The Bertz CT molecular complexity index is 863. The van der Waals surface area contributed by atoms with Gasteiger partial charge in [-0.2, -0.15) is 0 Å². The Morgan fingerprint density at radius 3 is 2.48 bits per heavy atom. The quantitative estimate of drug-likeness (QED) is 0.647. The molecular weight excluding hydrogens is 348 g/mol. The molecule has 0 amide bonds. The van der Waals surface area contributed by atoms with E-state index >= 15 is 4.39 Å². The first-order valence-electron chi connectivity index (χ1n) is 7.41. The minimum atomic E-state index is -1.23. The highest BCUT2D eigenvalue weighted by atomic mass is 32.2. The fourth-order valence-electron chi connectivity index (χ4n) is 2.67. The zero-order valence-electron chi connectivity index (χ0n) is 13.5. The van der Waals surface area contributed by atoms with Gasteiger partial charge in [0.2, 0.25) is 0 Å². The Kier molecular flexibility index (Phi) is 4.53. The van der Waals surface area contributed by atoms with Gasteiger partial charge in [-0.3, -0.25) is 0 Å². The second-order valence-corrected chi connectivity index (χ2v) is 6.35. The van der Waals surface area contributed by atoms with Crippen LogP contribution in [0.25, 0.3) is 5.57 Å². The van der Waals surface area contributed by atoms with Gasteiger partial charge in [-0.25, -0.2) is 18.7 Å². The third-order valence-corrected chi connectivity index (χ3v) is 4.10. The number of carbonyl (C=O) groups is 1. The van der Waals surface area contributed by atoms with E-state index < -0.39 is 23.2 Å². The highest BCUT2D eigenvalue weighted by molar-refractivity contribution is 7.92. The maximum atomic E-state index is 15.0. The molecule has 25 heavy (non-hydrogen) atoms. The molecule has 0 radical (unpaired) electrons. The number of hydrogen-bond acceptors (Lipinski definition) is 5. The van der Waals surface area contributed by atoms with Gasteiger partial charge in [-0.15, -0.1) is 0 Å². The Labute approximate surface area is 148 Å². The van der Waals surface area contributed by atoms with Crippen LogP contribution in [-0.4, -0.2) is 11.6 Å². The van der Waals surface area contributed by atoms with E-state index in [1.807, 2.05) is 0 Å². The molecule has 0 atom stereocenters. The third kappa shape index (κ3) is 3.25. The molecule has 0 unspecified atom stereocenters. The molecule has 0 aliphatic carbocycles. The van der Waals surface area contributed by atoms with Crippen LogP contribution in [0.1, 0.15) is 35.3 Å². The summed E-state index contributed by atoms with van der Waals surface area (Å²) in [6.07, 6.45) is 0. The van der Waals surface area contributed by atoms with Crippen molar-refractivity contribution < 1.29 is 22.5 Å². The van der Waals surface area contributed by atoms with Crippen molar-refractivity contribution in [2.45, 2.75) is 19.4 Å². The highest BCUT2D eigenvalue weighted by Crippen LogP contribution is 2.44. The van der Waals surface area contributed by atoms with Crippen molar-refractivity contribution in [3.8, 4) is 5.75 Å². The molecule has 0 bridgehead atoms. The lowest BCUT2D eigenvalue weighted by Crippen LogP contribution is -2.33. The van der Waals surface area contributed by atoms with Crippen molar-refractivity contribution in [2.24, 2.45) is 5.14 Å². The summed E-state index contributed by atoms with van der Waals surface area (Å²) in [5.41, 5.74) is 0.291. The Morgan fingerprint density at radius 1 is 1.16 bits per heavy atom. The van der Waals surface area contributed by atoms with Crippen LogP contribution in [0.2, 0.25) is 0 Å². The molecule has 2 N–H and O–H groups in total. The van der Waals surface area contributed by atoms with Gasteiger partial charge < -0.3 is 8.92 Å². The predicted molar refractivity (Wildman–Crippen MR) is 91.9 cm³/mol. The van der Waals surface area contributed by atoms with Gasteiger partial charge in [0.05, 0.1) is 5.56 Å². The lowest BCUT2D eigenvalue weighted by atomic mass is 9.88. The normalized spacial score (nSPS) is 15.4. The average Bonchev–Trinajstić information content (AvgIpc) is 2.57. The molecule has 2 aromatic carbocycles. The topological polar surface area (TPSA) is 61.5 Å². The predicted octanol–water partition coefficient (Wildman–Crippen LogP) is 4.40. The van der Waals surface area contributed by atoms with Gasteiger partial charge in [-0.1, -0.05) is 12.1 Å². The largest absolute Gasteiger partial charge is 0.480 e. The Hall–Kier alpha value is -2.38. The van der Waals surface area contributed by atoms with Gasteiger partial charge in [0, 0.05) is 11.1 Å². The van der Waals surface area contributed by atoms with Crippen LogP contribution in [0.15, 0.2) is 48.3 Å². The van der Waals surface area contributed by atoms with E-state index in [2.05, 4.69) is 4.18 Å². The summed E-state index contributed by atoms with van der Waals surface area (Å²) in [6, 6.07) is 10.1. The van der Waals surface area contributed by atoms with E-state index in [1.165, 1.54) is 36.4 Å². The summed E-state index contributed by atoms with van der Waals surface area (Å²) in [6.45, 7) is 3.16. The standard InChI is InChI=1S/C18H15F2NO3S/c1-18(2)16(20)15(10-3-6-12(19)7-4-10)13-8-5-11(9-14(13)23-18)17(22)24-25-21/h3-9H,21H2,1-2H3. The summed E-state index contributed by atoms with van der Waals surface area (Å²) >= 11 is 0.446. The van der Waals surface area contributed by atoms with E-state index in [0.29, 0.717) is 34.7 Å². The van der Waals surface area contributed by atoms with Crippen molar-refractivity contribution in [2.75, 3.05) is 0 Å². The summed E-state index contributed by atoms with van der Waals surface area (Å²) < 4.78 is 38.6. The van der Waals surface area contributed by atoms with E-state index in [0.717, 1.165) is 0 Å². The smallest absolute Gasteiger partial charge is 0.351 e. The molecule has 0 aromatic heterocycles. The third-order valence-electron chi connectivity index (χ3n) is 3.86. The van der Waals surface area contributed by atoms with Crippen molar-refractivity contribution in [1.82, 2.24) is 0 Å². The van der Waals surface area contributed by atoms with E-state index in [9.17, 15) is 9.18 Å². The zero-order valence-corrected chi connectivity index (χ0v) is 14.3. The van der Waals surface area contributed by atoms with Crippen molar-refractivity contribution in [1.29, 1.82) is 0 Å². The molecule has 0 fully saturated rings. The van der Waals surface area contributed by atoms with E-state index in [1.54, 1.807) is 19.9 Å².